The molecule has 2 N–H and O–H groups in total. The standard InChI is InChI=1S/C16H16N4S/c1-10-13(18-11(2)19-16(10)17)8-15-20-14(9-21-15)12-6-4-3-5-7-12/h3-7,9H,8H2,1-2H3,(H2,17,18,19). The Morgan fingerprint density at radius 2 is 1.81 bits per heavy atom. The van der Waals surface area contributed by atoms with Crippen LogP contribution in [0.2, 0.25) is 0 Å². The number of aromatic nitrogens is 3. The van der Waals surface area contributed by atoms with E-state index < -0.39 is 0 Å². The van der Waals surface area contributed by atoms with Crippen molar-refractivity contribution in [3.63, 3.8) is 0 Å². The highest BCUT2D eigenvalue weighted by atomic mass is 32.1. The normalized spacial score (nSPS) is 10.8. The number of benzene rings is 1. The summed E-state index contributed by atoms with van der Waals surface area (Å²) < 4.78 is 0. The molecule has 0 bridgehead atoms. The zero-order chi connectivity index (χ0) is 14.8. The van der Waals surface area contributed by atoms with Gasteiger partial charge in [-0.3, -0.25) is 0 Å². The Balaban J connectivity index is 1.89. The topological polar surface area (TPSA) is 64.7 Å². The molecule has 106 valence electrons. The molecule has 3 rings (SSSR count). The highest BCUT2D eigenvalue weighted by Gasteiger charge is 2.11. The zero-order valence-electron chi connectivity index (χ0n) is 12.0. The number of anilines is 1. The van der Waals surface area contributed by atoms with E-state index >= 15 is 0 Å². The van der Waals surface area contributed by atoms with Crippen LogP contribution in [0.4, 0.5) is 5.82 Å². The van der Waals surface area contributed by atoms with Gasteiger partial charge < -0.3 is 5.73 Å². The van der Waals surface area contributed by atoms with E-state index in [1.165, 1.54) is 0 Å². The van der Waals surface area contributed by atoms with Gasteiger partial charge >= 0.3 is 0 Å². The second kappa shape index (κ2) is 5.61. The van der Waals surface area contributed by atoms with E-state index in [4.69, 9.17) is 10.7 Å². The van der Waals surface area contributed by atoms with Crippen LogP contribution in [-0.2, 0) is 6.42 Å². The number of hydrogen-bond acceptors (Lipinski definition) is 5. The van der Waals surface area contributed by atoms with E-state index in [9.17, 15) is 0 Å². The van der Waals surface area contributed by atoms with Crippen molar-refractivity contribution in [3.05, 3.63) is 57.8 Å². The molecule has 0 spiro atoms. The van der Waals surface area contributed by atoms with Gasteiger partial charge in [0, 0.05) is 22.9 Å². The first kappa shape index (κ1) is 13.7. The Bertz CT molecular complexity index is 765. The molecule has 0 aliphatic carbocycles. The van der Waals surface area contributed by atoms with Gasteiger partial charge in [-0.2, -0.15) is 0 Å². The van der Waals surface area contributed by atoms with Gasteiger partial charge in [-0.25, -0.2) is 15.0 Å². The molecule has 0 saturated carbocycles. The molecule has 2 aromatic heterocycles. The molecule has 0 unspecified atom stereocenters. The van der Waals surface area contributed by atoms with Gasteiger partial charge in [0.15, 0.2) is 0 Å². The molecule has 21 heavy (non-hydrogen) atoms. The van der Waals surface area contributed by atoms with Crippen molar-refractivity contribution in [3.8, 4) is 11.3 Å². The van der Waals surface area contributed by atoms with Crippen LogP contribution in [-0.4, -0.2) is 15.0 Å². The van der Waals surface area contributed by atoms with Crippen LogP contribution in [0.3, 0.4) is 0 Å². The Hall–Kier alpha value is -2.27. The van der Waals surface area contributed by atoms with Crippen LogP contribution in [0.15, 0.2) is 35.7 Å². The van der Waals surface area contributed by atoms with Crippen molar-refractivity contribution >= 4 is 17.2 Å². The largest absolute Gasteiger partial charge is 0.383 e. The predicted octanol–water partition coefficient (Wildman–Crippen LogP) is 3.39. The van der Waals surface area contributed by atoms with Gasteiger partial charge in [-0.05, 0) is 13.8 Å². The summed E-state index contributed by atoms with van der Waals surface area (Å²) in [6, 6.07) is 10.2. The summed E-state index contributed by atoms with van der Waals surface area (Å²) in [6.07, 6.45) is 0.691. The molecule has 0 fully saturated rings. The molecule has 5 heteroatoms. The van der Waals surface area contributed by atoms with Gasteiger partial charge in [0.25, 0.3) is 0 Å². The van der Waals surface area contributed by atoms with Gasteiger partial charge in [0.05, 0.1) is 16.4 Å². The van der Waals surface area contributed by atoms with Crippen LogP contribution in [0.5, 0.6) is 0 Å². The lowest BCUT2D eigenvalue weighted by Crippen LogP contribution is -2.05. The summed E-state index contributed by atoms with van der Waals surface area (Å²) in [5, 5.41) is 3.12. The summed E-state index contributed by atoms with van der Waals surface area (Å²) >= 11 is 1.65. The summed E-state index contributed by atoms with van der Waals surface area (Å²) in [5.41, 5.74) is 9.94. The Labute approximate surface area is 127 Å². The second-order valence-electron chi connectivity index (χ2n) is 4.90. The lowest BCUT2D eigenvalue weighted by Gasteiger charge is -2.06. The van der Waals surface area contributed by atoms with Crippen molar-refractivity contribution in [1.29, 1.82) is 0 Å². The molecule has 0 aliphatic rings. The highest BCUT2D eigenvalue weighted by Crippen LogP contribution is 2.24. The van der Waals surface area contributed by atoms with E-state index in [-0.39, 0.29) is 0 Å². The number of nitrogens with two attached hydrogens (primary N) is 1. The van der Waals surface area contributed by atoms with Crippen LogP contribution < -0.4 is 5.73 Å². The fraction of sp³-hybridized carbons (Fsp3) is 0.188. The fourth-order valence-corrected chi connectivity index (χ4v) is 2.97. The quantitative estimate of drug-likeness (QED) is 0.804. The summed E-state index contributed by atoms with van der Waals surface area (Å²) in [6.45, 7) is 3.81. The molecule has 0 atom stereocenters. The van der Waals surface area contributed by atoms with E-state index in [1.54, 1.807) is 11.3 Å². The van der Waals surface area contributed by atoms with Crippen LogP contribution in [0.1, 0.15) is 22.1 Å². The van der Waals surface area contributed by atoms with Crippen molar-refractivity contribution in [2.45, 2.75) is 20.3 Å². The maximum Gasteiger partial charge on any atom is 0.130 e. The average Bonchev–Trinajstić information content (AvgIpc) is 2.94. The molecule has 2 heterocycles. The minimum atomic E-state index is 0.553. The monoisotopic (exact) mass is 296 g/mol. The Morgan fingerprint density at radius 3 is 2.57 bits per heavy atom. The van der Waals surface area contributed by atoms with Crippen molar-refractivity contribution in [2.24, 2.45) is 0 Å². The van der Waals surface area contributed by atoms with E-state index in [0.29, 0.717) is 18.1 Å². The summed E-state index contributed by atoms with van der Waals surface area (Å²) in [4.78, 5) is 13.4. The van der Waals surface area contributed by atoms with Crippen molar-refractivity contribution in [2.75, 3.05) is 5.73 Å². The van der Waals surface area contributed by atoms with E-state index in [1.807, 2.05) is 32.0 Å². The first-order valence-corrected chi connectivity index (χ1v) is 7.61. The minimum absolute atomic E-state index is 0.553. The first-order valence-electron chi connectivity index (χ1n) is 6.73. The number of nitrogen functional groups attached to an aromatic ring is 1. The van der Waals surface area contributed by atoms with Crippen molar-refractivity contribution in [1.82, 2.24) is 15.0 Å². The van der Waals surface area contributed by atoms with E-state index in [2.05, 4.69) is 27.5 Å². The average molecular weight is 296 g/mol. The summed E-state index contributed by atoms with van der Waals surface area (Å²) in [7, 11) is 0. The van der Waals surface area contributed by atoms with Crippen LogP contribution in [0.25, 0.3) is 11.3 Å². The van der Waals surface area contributed by atoms with Gasteiger partial charge in [0.1, 0.15) is 11.6 Å². The number of aryl methyl sites for hydroxylation is 1. The van der Waals surface area contributed by atoms with Crippen LogP contribution in [0, 0.1) is 13.8 Å². The molecule has 0 aliphatic heterocycles. The maximum atomic E-state index is 5.90. The molecular weight excluding hydrogens is 280 g/mol. The van der Waals surface area contributed by atoms with E-state index in [0.717, 1.165) is 27.5 Å². The smallest absolute Gasteiger partial charge is 0.130 e. The molecular formula is C16H16N4S. The van der Waals surface area contributed by atoms with Gasteiger partial charge in [0.2, 0.25) is 0 Å². The SMILES string of the molecule is Cc1nc(N)c(C)c(Cc2nc(-c3ccccc3)cs2)n1. The lowest BCUT2D eigenvalue weighted by atomic mass is 10.1. The predicted molar refractivity (Wildman–Crippen MR) is 86.3 cm³/mol. The first-order chi connectivity index (χ1) is 10.1. The number of rotatable bonds is 3. The Morgan fingerprint density at radius 1 is 1.05 bits per heavy atom. The van der Waals surface area contributed by atoms with Gasteiger partial charge in [-0.15, -0.1) is 11.3 Å². The summed E-state index contributed by atoms with van der Waals surface area (Å²) in [5.74, 6) is 1.25. The van der Waals surface area contributed by atoms with Gasteiger partial charge in [-0.1, -0.05) is 30.3 Å². The molecule has 0 radical (unpaired) electrons. The number of nitrogens with zero attached hydrogens (tertiary/aromatic N) is 3. The number of hydrogen-bond donors (Lipinski definition) is 1. The molecule has 0 amide bonds. The Kier molecular flexibility index (Phi) is 3.66. The maximum absolute atomic E-state index is 5.90. The fourth-order valence-electron chi connectivity index (χ4n) is 2.16. The second-order valence-corrected chi connectivity index (χ2v) is 5.84. The molecule has 3 aromatic rings. The highest BCUT2D eigenvalue weighted by molar-refractivity contribution is 7.10. The van der Waals surface area contributed by atoms with Crippen molar-refractivity contribution < 1.29 is 0 Å². The molecule has 4 nitrogen and oxygen atoms in total. The zero-order valence-corrected chi connectivity index (χ0v) is 12.8. The third-order valence-electron chi connectivity index (χ3n) is 3.34. The minimum Gasteiger partial charge on any atom is -0.383 e. The van der Waals surface area contributed by atoms with Crippen LogP contribution >= 0.6 is 11.3 Å². The lowest BCUT2D eigenvalue weighted by molar-refractivity contribution is 0.945. The molecule has 1 aromatic carbocycles. The molecule has 0 saturated heterocycles. The third kappa shape index (κ3) is 2.92. The third-order valence-corrected chi connectivity index (χ3v) is 4.18. The number of thiazole rings is 1.